The van der Waals surface area contributed by atoms with Crippen LogP contribution in [-0.4, -0.2) is 16.2 Å². The summed E-state index contributed by atoms with van der Waals surface area (Å²) in [5.41, 5.74) is 1.13. The Morgan fingerprint density at radius 3 is 3.00 bits per heavy atom. The van der Waals surface area contributed by atoms with Gasteiger partial charge in [-0.15, -0.1) is 11.3 Å². The molecule has 1 N–H and O–H groups in total. The molecule has 0 saturated heterocycles. The summed E-state index contributed by atoms with van der Waals surface area (Å²) in [5, 5.41) is 13.1. The van der Waals surface area contributed by atoms with E-state index >= 15 is 0 Å². The number of hydrogen-bond donors (Lipinski definition) is 1. The zero-order chi connectivity index (χ0) is 10.7. The fourth-order valence-corrected chi connectivity index (χ4v) is 3.25. The first-order chi connectivity index (χ1) is 7.24. The van der Waals surface area contributed by atoms with Crippen LogP contribution in [-0.2, 0) is 6.42 Å². The molecular formula is C12H19NOS. The van der Waals surface area contributed by atoms with Gasteiger partial charge in [0, 0.05) is 17.5 Å². The molecule has 1 fully saturated rings. The molecule has 0 bridgehead atoms. The summed E-state index contributed by atoms with van der Waals surface area (Å²) in [6.45, 7) is 2.04. The molecule has 1 aliphatic rings. The molecule has 2 atom stereocenters. The monoisotopic (exact) mass is 225 g/mol. The first-order valence-corrected chi connectivity index (χ1v) is 6.71. The standard InChI is InChI=1S/C12H19NOS/c1-9-8-15-12(13-9)7-10-4-2-3-5-11(14)6-10/h8,10-11,14H,2-7H2,1H3. The van der Waals surface area contributed by atoms with Crippen molar-refractivity contribution < 1.29 is 5.11 Å². The number of nitrogens with zero attached hydrogens (tertiary/aromatic N) is 1. The van der Waals surface area contributed by atoms with Crippen molar-refractivity contribution in [2.24, 2.45) is 5.92 Å². The third-order valence-corrected chi connectivity index (χ3v) is 4.12. The van der Waals surface area contributed by atoms with Crippen molar-refractivity contribution in [2.75, 3.05) is 0 Å². The molecule has 1 aliphatic carbocycles. The molecule has 0 aromatic carbocycles. The van der Waals surface area contributed by atoms with Crippen molar-refractivity contribution in [3.8, 4) is 0 Å². The lowest BCUT2D eigenvalue weighted by molar-refractivity contribution is 0.141. The van der Waals surface area contributed by atoms with Crippen molar-refractivity contribution in [1.29, 1.82) is 0 Å². The van der Waals surface area contributed by atoms with E-state index in [9.17, 15) is 5.11 Å². The molecule has 2 unspecified atom stereocenters. The fraction of sp³-hybridized carbons (Fsp3) is 0.750. The van der Waals surface area contributed by atoms with E-state index in [2.05, 4.69) is 10.4 Å². The molecule has 3 heteroatoms. The molecule has 0 aliphatic heterocycles. The maximum Gasteiger partial charge on any atom is 0.0930 e. The molecule has 84 valence electrons. The van der Waals surface area contributed by atoms with Gasteiger partial charge in [-0.05, 0) is 32.1 Å². The molecular weight excluding hydrogens is 206 g/mol. The van der Waals surface area contributed by atoms with E-state index in [1.54, 1.807) is 11.3 Å². The number of thiazole rings is 1. The van der Waals surface area contributed by atoms with Gasteiger partial charge >= 0.3 is 0 Å². The van der Waals surface area contributed by atoms with Crippen LogP contribution in [0.4, 0.5) is 0 Å². The van der Waals surface area contributed by atoms with Gasteiger partial charge in [0.2, 0.25) is 0 Å². The Morgan fingerprint density at radius 2 is 2.27 bits per heavy atom. The van der Waals surface area contributed by atoms with Gasteiger partial charge in [-0.3, -0.25) is 0 Å². The summed E-state index contributed by atoms with van der Waals surface area (Å²) in [6.07, 6.45) is 6.68. The minimum atomic E-state index is -0.0708. The zero-order valence-electron chi connectivity index (χ0n) is 9.28. The summed E-state index contributed by atoms with van der Waals surface area (Å²) in [6, 6.07) is 0. The van der Waals surface area contributed by atoms with E-state index < -0.39 is 0 Å². The van der Waals surface area contributed by atoms with E-state index in [-0.39, 0.29) is 6.10 Å². The minimum Gasteiger partial charge on any atom is -0.393 e. The second-order valence-electron chi connectivity index (χ2n) is 4.63. The lowest BCUT2D eigenvalue weighted by Gasteiger charge is -2.14. The summed E-state index contributed by atoms with van der Waals surface area (Å²) in [7, 11) is 0. The average molecular weight is 225 g/mol. The lowest BCUT2D eigenvalue weighted by atomic mass is 9.96. The number of rotatable bonds is 2. The van der Waals surface area contributed by atoms with E-state index in [1.165, 1.54) is 24.3 Å². The van der Waals surface area contributed by atoms with Crippen LogP contribution < -0.4 is 0 Å². The lowest BCUT2D eigenvalue weighted by Crippen LogP contribution is -2.12. The highest BCUT2D eigenvalue weighted by molar-refractivity contribution is 7.09. The predicted molar refractivity (Wildman–Crippen MR) is 63.1 cm³/mol. The molecule has 0 spiro atoms. The van der Waals surface area contributed by atoms with Gasteiger partial charge in [0.05, 0.1) is 11.1 Å². The van der Waals surface area contributed by atoms with Crippen molar-refractivity contribution >= 4 is 11.3 Å². The number of hydrogen-bond acceptors (Lipinski definition) is 3. The van der Waals surface area contributed by atoms with Gasteiger partial charge < -0.3 is 5.11 Å². The Morgan fingerprint density at radius 1 is 1.47 bits per heavy atom. The van der Waals surface area contributed by atoms with Crippen LogP contribution >= 0.6 is 11.3 Å². The van der Waals surface area contributed by atoms with E-state index in [0.29, 0.717) is 5.92 Å². The van der Waals surface area contributed by atoms with Gasteiger partial charge in [0.25, 0.3) is 0 Å². The Kier molecular flexibility index (Phi) is 3.76. The Hall–Kier alpha value is -0.410. The third-order valence-electron chi connectivity index (χ3n) is 3.13. The summed E-state index contributed by atoms with van der Waals surface area (Å²) in [5.74, 6) is 0.646. The maximum atomic E-state index is 9.73. The van der Waals surface area contributed by atoms with Gasteiger partial charge in [-0.2, -0.15) is 0 Å². The number of aromatic nitrogens is 1. The van der Waals surface area contributed by atoms with Crippen molar-refractivity contribution in [2.45, 2.75) is 51.6 Å². The topological polar surface area (TPSA) is 33.1 Å². The molecule has 1 aromatic rings. The number of aryl methyl sites for hydroxylation is 1. The van der Waals surface area contributed by atoms with Crippen LogP contribution in [0.3, 0.4) is 0 Å². The molecule has 15 heavy (non-hydrogen) atoms. The zero-order valence-corrected chi connectivity index (χ0v) is 10.1. The molecule has 0 amide bonds. The fourth-order valence-electron chi connectivity index (χ4n) is 2.36. The molecule has 2 nitrogen and oxygen atoms in total. The molecule has 0 radical (unpaired) electrons. The smallest absolute Gasteiger partial charge is 0.0930 e. The van der Waals surface area contributed by atoms with Crippen LogP contribution in [0.15, 0.2) is 5.38 Å². The van der Waals surface area contributed by atoms with Crippen LogP contribution in [0.5, 0.6) is 0 Å². The highest BCUT2D eigenvalue weighted by Gasteiger charge is 2.19. The maximum absolute atomic E-state index is 9.73. The Labute approximate surface area is 95.4 Å². The minimum absolute atomic E-state index is 0.0708. The SMILES string of the molecule is Cc1csc(CC2CCCCC(O)C2)n1. The van der Waals surface area contributed by atoms with E-state index in [4.69, 9.17) is 0 Å². The second kappa shape index (κ2) is 5.08. The van der Waals surface area contributed by atoms with Crippen LogP contribution in [0, 0.1) is 12.8 Å². The number of aliphatic hydroxyl groups excluding tert-OH is 1. The molecule has 1 saturated carbocycles. The first kappa shape index (κ1) is 11.1. The summed E-state index contributed by atoms with van der Waals surface area (Å²) < 4.78 is 0. The highest BCUT2D eigenvalue weighted by Crippen LogP contribution is 2.27. The summed E-state index contributed by atoms with van der Waals surface area (Å²) in [4.78, 5) is 4.50. The van der Waals surface area contributed by atoms with Crippen molar-refractivity contribution in [3.63, 3.8) is 0 Å². The van der Waals surface area contributed by atoms with Crippen molar-refractivity contribution in [1.82, 2.24) is 4.98 Å². The molecule has 2 rings (SSSR count). The highest BCUT2D eigenvalue weighted by atomic mass is 32.1. The van der Waals surface area contributed by atoms with Crippen LogP contribution in [0.1, 0.15) is 42.8 Å². The normalized spacial score (nSPS) is 27.6. The molecule has 1 heterocycles. The van der Waals surface area contributed by atoms with Gasteiger partial charge in [-0.1, -0.05) is 12.8 Å². The summed E-state index contributed by atoms with van der Waals surface area (Å²) >= 11 is 1.76. The van der Waals surface area contributed by atoms with E-state index in [0.717, 1.165) is 25.0 Å². The molecule has 1 aromatic heterocycles. The van der Waals surface area contributed by atoms with Crippen LogP contribution in [0.25, 0.3) is 0 Å². The van der Waals surface area contributed by atoms with Crippen LogP contribution in [0.2, 0.25) is 0 Å². The Bertz CT molecular complexity index is 310. The second-order valence-corrected chi connectivity index (χ2v) is 5.57. The van der Waals surface area contributed by atoms with E-state index in [1.807, 2.05) is 6.92 Å². The largest absolute Gasteiger partial charge is 0.393 e. The quantitative estimate of drug-likeness (QED) is 0.785. The Balaban J connectivity index is 1.92. The average Bonchev–Trinajstić information content (AvgIpc) is 2.46. The van der Waals surface area contributed by atoms with Gasteiger partial charge in [0.1, 0.15) is 0 Å². The number of aliphatic hydroxyl groups is 1. The predicted octanol–water partition coefficient (Wildman–Crippen LogP) is 2.94. The van der Waals surface area contributed by atoms with Gasteiger partial charge in [-0.25, -0.2) is 4.98 Å². The first-order valence-electron chi connectivity index (χ1n) is 5.83. The van der Waals surface area contributed by atoms with Crippen molar-refractivity contribution in [3.05, 3.63) is 16.1 Å². The van der Waals surface area contributed by atoms with Gasteiger partial charge in [0.15, 0.2) is 0 Å². The third kappa shape index (κ3) is 3.28.